The van der Waals surface area contributed by atoms with Crippen molar-refractivity contribution in [3.63, 3.8) is 0 Å². The molecule has 0 radical (unpaired) electrons. The molecule has 0 aliphatic rings. The summed E-state index contributed by atoms with van der Waals surface area (Å²) < 4.78 is 61.1. The largest absolute Gasteiger partial charge is 0.389 e. The zero-order valence-corrected chi connectivity index (χ0v) is 8.19. The number of hydrogen-bond acceptors (Lipinski definition) is 1. The zero-order chi connectivity index (χ0) is 12.3. The number of rotatable bonds is 3. The Balaban J connectivity index is 2.69. The lowest BCUT2D eigenvalue weighted by Crippen LogP contribution is -2.16. The van der Waals surface area contributed by atoms with Crippen LogP contribution in [0.15, 0.2) is 18.2 Å². The summed E-state index contributed by atoms with van der Waals surface area (Å²) in [6.07, 6.45) is -5.79. The van der Waals surface area contributed by atoms with Gasteiger partial charge in [0.15, 0.2) is 0 Å². The summed E-state index contributed by atoms with van der Waals surface area (Å²) in [5.41, 5.74) is 5.44. The Hall–Kier alpha value is -1.17. The molecule has 1 atom stereocenters. The van der Waals surface area contributed by atoms with Gasteiger partial charge in [-0.15, -0.1) is 0 Å². The first-order chi connectivity index (χ1) is 7.28. The molecule has 0 spiro atoms. The topological polar surface area (TPSA) is 26.0 Å². The molecule has 1 nitrogen and oxygen atoms in total. The van der Waals surface area contributed by atoms with Gasteiger partial charge in [0, 0.05) is 18.5 Å². The fraction of sp³-hybridized carbons (Fsp3) is 0.400. The molecule has 0 unspecified atom stereocenters. The molecule has 1 aromatic carbocycles. The van der Waals surface area contributed by atoms with Crippen molar-refractivity contribution in [3.05, 3.63) is 35.4 Å². The fourth-order valence-electron chi connectivity index (χ4n) is 1.28. The second-order valence-electron chi connectivity index (χ2n) is 3.46. The standard InChI is InChI=1S/C10H10F5N/c11-7-3-6(4-8(12)5-7)9(16)1-2-10(13,14)15/h3-5,9H,1-2,16H2/t9-/m1/s1. The highest BCUT2D eigenvalue weighted by Gasteiger charge is 2.27. The lowest BCUT2D eigenvalue weighted by Gasteiger charge is -2.13. The Labute approximate surface area is 89.1 Å². The van der Waals surface area contributed by atoms with Gasteiger partial charge in [0.1, 0.15) is 11.6 Å². The molecule has 2 N–H and O–H groups in total. The Bertz CT molecular complexity index is 340. The molecule has 1 rings (SSSR count). The van der Waals surface area contributed by atoms with Crippen LogP contribution in [0, 0.1) is 11.6 Å². The monoisotopic (exact) mass is 239 g/mol. The summed E-state index contributed by atoms with van der Waals surface area (Å²) in [5, 5.41) is 0. The minimum Gasteiger partial charge on any atom is -0.324 e. The molecule has 0 heterocycles. The van der Waals surface area contributed by atoms with E-state index in [9.17, 15) is 22.0 Å². The molecule has 6 heteroatoms. The van der Waals surface area contributed by atoms with E-state index in [0.29, 0.717) is 6.07 Å². The summed E-state index contributed by atoms with van der Waals surface area (Å²) in [6.45, 7) is 0. The van der Waals surface area contributed by atoms with E-state index in [0.717, 1.165) is 12.1 Å². The highest BCUT2D eigenvalue weighted by Crippen LogP contribution is 2.26. The molecular formula is C10H10F5N. The van der Waals surface area contributed by atoms with Gasteiger partial charge >= 0.3 is 6.18 Å². The maximum Gasteiger partial charge on any atom is 0.389 e. The summed E-state index contributed by atoms with van der Waals surface area (Å²) >= 11 is 0. The molecule has 0 amide bonds. The van der Waals surface area contributed by atoms with Crippen LogP contribution in [0.4, 0.5) is 22.0 Å². The fourth-order valence-corrected chi connectivity index (χ4v) is 1.28. The van der Waals surface area contributed by atoms with Crippen LogP contribution in [0.1, 0.15) is 24.4 Å². The summed E-state index contributed by atoms with van der Waals surface area (Å²) in [7, 11) is 0. The van der Waals surface area contributed by atoms with Gasteiger partial charge in [-0.2, -0.15) is 13.2 Å². The van der Waals surface area contributed by atoms with E-state index in [-0.39, 0.29) is 5.56 Å². The van der Waals surface area contributed by atoms with Crippen molar-refractivity contribution in [2.45, 2.75) is 25.1 Å². The molecule has 0 aromatic heterocycles. The zero-order valence-electron chi connectivity index (χ0n) is 8.19. The number of alkyl halides is 3. The Morgan fingerprint density at radius 2 is 1.56 bits per heavy atom. The molecule has 16 heavy (non-hydrogen) atoms. The van der Waals surface area contributed by atoms with Crippen molar-refractivity contribution in [2.75, 3.05) is 0 Å². The van der Waals surface area contributed by atoms with Crippen LogP contribution in [0.25, 0.3) is 0 Å². The third-order valence-electron chi connectivity index (χ3n) is 2.05. The maximum atomic E-state index is 12.7. The second-order valence-corrected chi connectivity index (χ2v) is 3.46. The van der Waals surface area contributed by atoms with Crippen LogP contribution in [0.2, 0.25) is 0 Å². The smallest absolute Gasteiger partial charge is 0.324 e. The maximum absolute atomic E-state index is 12.7. The Morgan fingerprint density at radius 1 is 1.06 bits per heavy atom. The highest BCUT2D eigenvalue weighted by atomic mass is 19.4. The van der Waals surface area contributed by atoms with Crippen LogP contribution < -0.4 is 5.73 Å². The van der Waals surface area contributed by atoms with E-state index in [1.54, 1.807) is 0 Å². The normalized spacial score (nSPS) is 13.9. The molecule has 0 aliphatic carbocycles. The van der Waals surface area contributed by atoms with Gasteiger partial charge in [-0.1, -0.05) is 0 Å². The van der Waals surface area contributed by atoms with E-state index < -0.39 is 36.7 Å². The predicted octanol–water partition coefficient (Wildman–Crippen LogP) is 3.31. The molecule has 0 saturated heterocycles. The quantitative estimate of drug-likeness (QED) is 0.804. The van der Waals surface area contributed by atoms with Crippen LogP contribution >= 0.6 is 0 Å². The predicted molar refractivity (Wildman–Crippen MR) is 48.6 cm³/mol. The lowest BCUT2D eigenvalue weighted by atomic mass is 10.0. The number of benzene rings is 1. The van der Waals surface area contributed by atoms with Gasteiger partial charge < -0.3 is 5.73 Å². The van der Waals surface area contributed by atoms with Gasteiger partial charge in [0.05, 0.1) is 0 Å². The average Bonchev–Trinajstić information content (AvgIpc) is 2.11. The van der Waals surface area contributed by atoms with Crippen molar-refractivity contribution < 1.29 is 22.0 Å². The van der Waals surface area contributed by atoms with Crippen molar-refractivity contribution in [1.29, 1.82) is 0 Å². The minimum absolute atomic E-state index is 0.0294. The first kappa shape index (κ1) is 12.9. The van der Waals surface area contributed by atoms with Gasteiger partial charge in [0.2, 0.25) is 0 Å². The van der Waals surface area contributed by atoms with E-state index in [1.807, 2.05) is 0 Å². The SMILES string of the molecule is N[C@H](CCC(F)(F)F)c1cc(F)cc(F)c1. The van der Waals surface area contributed by atoms with Gasteiger partial charge in [-0.05, 0) is 24.1 Å². The Morgan fingerprint density at radius 3 is 2.00 bits per heavy atom. The third-order valence-corrected chi connectivity index (χ3v) is 2.05. The van der Waals surface area contributed by atoms with E-state index in [2.05, 4.69) is 0 Å². The van der Waals surface area contributed by atoms with Gasteiger partial charge in [0.25, 0.3) is 0 Å². The second kappa shape index (κ2) is 4.78. The van der Waals surface area contributed by atoms with Crippen molar-refractivity contribution >= 4 is 0 Å². The van der Waals surface area contributed by atoms with Crippen molar-refractivity contribution in [2.24, 2.45) is 5.73 Å². The van der Waals surface area contributed by atoms with Crippen molar-refractivity contribution in [1.82, 2.24) is 0 Å². The van der Waals surface area contributed by atoms with E-state index in [4.69, 9.17) is 5.73 Å². The van der Waals surface area contributed by atoms with E-state index in [1.165, 1.54) is 0 Å². The van der Waals surface area contributed by atoms with Gasteiger partial charge in [-0.3, -0.25) is 0 Å². The molecule has 0 aliphatic heterocycles. The molecular weight excluding hydrogens is 229 g/mol. The van der Waals surface area contributed by atoms with Crippen molar-refractivity contribution in [3.8, 4) is 0 Å². The molecule has 90 valence electrons. The van der Waals surface area contributed by atoms with Crippen LogP contribution in [0.3, 0.4) is 0 Å². The number of nitrogens with two attached hydrogens (primary N) is 1. The number of hydrogen-bond donors (Lipinski definition) is 1. The summed E-state index contributed by atoms with van der Waals surface area (Å²) in [6, 6.07) is 1.49. The highest BCUT2D eigenvalue weighted by molar-refractivity contribution is 5.21. The first-order valence-corrected chi connectivity index (χ1v) is 4.56. The van der Waals surface area contributed by atoms with Crippen LogP contribution in [0.5, 0.6) is 0 Å². The van der Waals surface area contributed by atoms with E-state index >= 15 is 0 Å². The molecule has 0 fully saturated rings. The number of halogens is 5. The molecule has 0 saturated carbocycles. The summed E-state index contributed by atoms with van der Waals surface area (Å²) in [5.74, 6) is -1.70. The van der Waals surface area contributed by atoms with Crippen LogP contribution in [-0.2, 0) is 0 Å². The third kappa shape index (κ3) is 4.14. The first-order valence-electron chi connectivity index (χ1n) is 4.56. The summed E-state index contributed by atoms with van der Waals surface area (Å²) in [4.78, 5) is 0. The van der Waals surface area contributed by atoms with Crippen LogP contribution in [-0.4, -0.2) is 6.18 Å². The minimum atomic E-state index is -4.32. The molecule has 1 aromatic rings. The lowest BCUT2D eigenvalue weighted by molar-refractivity contribution is -0.136. The van der Waals surface area contributed by atoms with Gasteiger partial charge in [-0.25, -0.2) is 8.78 Å². The molecule has 0 bridgehead atoms. The Kier molecular flexibility index (Phi) is 3.85. The average molecular weight is 239 g/mol.